The fraction of sp³-hybridized carbons (Fsp3) is 0.366. The number of carbonyl (C=O) groups is 3. The number of carboxylic acid groups (broad SMARTS) is 1. The van der Waals surface area contributed by atoms with Crippen molar-refractivity contribution in [3.8, 4) is 34.2 Å². The molecule has 26 heteroatoms. The molecule has 1 aliphatic carbocycles. The van der Waals surface area contributed by atoms with Crippen LogP contribution in [0.25, 0.3) is 33.4 Å². The molecule has 0 spiro atoms. The highest BCUT2D eigenvalue weighted by atomic mass is 32.2. The highest BCUT2D eigenvalue weighted by Crippen LogP contribution is 2.45. The van der Waals surface area contributed by atoms with E-state index in [4.69, 9.17) is 48.8 Å². The maximum atomic E-state index is 13.9. The third-order valence-corrected chi connectivity index (χ3v) is 11.8. The number of sulfonamides is 1. The Hall–Kier alpha value is -6.20. The van der Waals surface area contributed by atoms with E-state index in [9.17, 15) is 51.1 Å². The highest BCUT2D eigenvalue weighted by molar-refractivity contribution is 7.90. The number of nitrogens with two attached hydrogens (primary N) is 1. The Morgan fingerprint density at radius 2 is 1.33 bits per heavy atom. The number of rotatable bonds is 28. The molecule has 0 atom stereocenters. The first kappa shape index (κ1) is 51.8. The predicted molar refractivity (Wildman–Crippen MR) is 233 cm³/mol. The first-order valence-electron chi connectivity index (χ1n) is 20.1. The predicted octanol–water partition coefficient (Wildman–Crippen LogP) is 1.21. The minimum Gasteiger partial charge on any atom is -0.492 e. The fourth-order valence-electron chi connectivity index (χ4n) is 6.35. The lowest BCUT2D eigenvalue weighted by Gasteiger charge is -2.21. The van der Waals surface area contributed by atoms with Crippen molar-refractivity contribution in [1.82, 2.24) is 14.8 Å². The van der Waals surface area contributed by atoms with Gasteiger partial charge in [0.2, 0.25) is 21.8 Å². The quantitative estimate of drug-likeness (QED) is 0.0151. The number of benzene rings is 3. The Morgan fingerprint density at radius 1 is 0.746 bits per heavy atom. The standard InChI is InChI=1S/C41H49N5O19S2/c1-58-16-17-60-14-11-44-40(50)25-2-3-26(29(24-25)41(51)52)35-27-4-6-30(42)38(36(27)64-37-28(35)5-7-31(43)39(37)67(55,56)57)66(53,54)45-12-15-61-19-21-63-23-22-62-20-18-59-13-10-34(49)65-46-32(47)8-9-33(46)48/h2-9,24,43,45,47-48H,10-23,42H2,1H3,(H,44,50)(H,51,52)(H,55,56,57). The van der Waals surface area contributed by atoms with Crippen LogP contribution in [0.5, 0.6) is 11.8 Å². The molecule has 24 nitrogen and oxygen atoms in total. The Kier molecular flexibility index (Phi) is 18.6. The molecule has 1 aliphatic heterocycles. The summed E-state index contributed by atoms with van der Waals surface area (Å²) in [6, 6.07) is 10.8. The van der Waals surface area contributed by atoms with Gasteiger partial charge in [-0.15, -0.1) is 4.73 Å². The van der Waals surface area contributed by atoms with Gasteiger partial charge in [0.15, 0.2) is 16.2 Å². The third kappa shape index (κ3) is 13.7. The van der Waals surface area contributed by atoms with Crippen molar-refractivity contribution in [2.45, 2.75) is 16.2 Å². The zero-order chi connectivity index (χ0) is 48.7. The number of carbonyl (C=O) groups excluding carboxylic acids is 2. The summed E-state index contributed by atoms with van der Waals surface area (Å²) in [5.41, 5.74) is 4.49. The van der Waals surface area contributed by atoms with E-state index in [1.807, 2.05) is 0 Å². The molecule has 0 bridgehead atoms. The topological polar surface area (TPSA) is 357 Å². The van der Waals surface area contributed by atoms with Crippen molar-refractivity contribution in [3.63, 3.8) is 0 Å². The molecule has 2 aromatic carbocycles. The number of aromatic carboxylic acids is 1. The number of hydrogen-bond donors (Lipinski definition) is 8. The van der Waals surface area contributed by atoms with Crippen LogP contribution in [0.1, 0.15) is 27.1 Å². The highest BCUT2D eigenvalue weighted by Gasteiger charge is 2.32. The van der Waals surface area contributed by atoms with Crippen LogP contribution >= 0.6 is 0 Å². The van der Waals surface area contributed by atoms with E-state index in [2.05, 4.69) is 10.0 Å². The average Bonchev–Trinajstić information content (AvgIpc) is 3.59. The molecule has 2 aliphatic rings. The van der Waals surface area contributed by atoms with Gasteiger partial charge >= 0.3 is 11.9 Å². The molecule has 1 amide bonds. The Balaban J connectivity index is 1.22. The number of methoxy groups -OCH3 is 1. The SMILES string of the molecule is COCCOCCNC(=O)c1ccc(-c2c3ccc(=N)c(S(=O)(=O)O)c-3oc3c(S(=O)(=O)NCCOCCOCCOCCOCCC(=O)On4c(O)ccc4O)c(N)ccc23)c(C(=O)O)c1. The Bertz CT molecular complexity index is 2770. The summed E-state index contributed by atoms with van der Waals surface area (Å²) in [6.07, 6.45) is -0.146. The van der Waals surface area contributed by atoms with Crippen LogP contribution in [-0.2, 0) is 53.4 Å². The second-order valence-corrected chi connectivity index (χ2v) is 17.0. The average molecular weight is 980 g/mol. The van der Waals surface area contributed by atoms with Crippen molar-refractivity contribution in [1.29, 1.82) is 5.41 Å². The molecule has 67 heavy (non-hydrogen) atoms. The largest absolute Gasteiger partial charge is 0.492 e. The van der Waals surface area contributed by atoms with Crippen LogP contribution in [0.3, 0.4) is 0 Å². The van der Waals surface area contributed by atoms with E-state index in [-0.39, 0.29) is 119 Å². The normalized spacial score (nSPS) is 11.9. The number of amides is 1. The van der Waals surface area contributed by atoms with E-state index < -0.39 is 81.8 Å². The first-order chi connectivity index (χ1) is 32.0. The zero-order valence-corrected chi connectivity index (χ0v) is 37.5. The molecule has 1 aromatic heterocycles. The van der Waals surface area contributed by atoms with Gasteiger partial charge in [-0.3, -0.25) is 14.8 Å². The van der Waals surface area contributed by atoms with Gasteiger partial charge in [-0.25, -0.2) is 22.7 Å². The van der Waals surface area contributed by atoms with Gasteiger partial charge in [0.1, 0.15) is 4.90 Å². The van der Waals surface area contributed by atoms with Crippen molar-refractivity contribution < 1.29 is 88.8 Å². The van der Waals surface area contributed by atoms with E-state index in [1.165, 1.54) is 37.4 Å². The van der Waals surface area contributed by atoms with Crippen molar-refractivity contribution in [2.24, 2.45) is 0 Å². The molecule has 0 radical (unpaired) electrons. The van der Waals surface area contributed by atoms with Crippen LogP contribution in [0, 0.1) is 5.41 Å². The van der Waals surface area contributed by atoms with Crippen LogP contribution in [0.2, 0.25) is 0 Å². The van der Waals surface area contributed by atoms with Gasteiger partial charge in [0.05, 0.1) is 95.7 Å². The maximum Gasteiger partial charge on any atom is 0.336 e. The minimum atomic E-state index is -5.22. The number of hydrogen-bond acceptors (Lipinski definition) is 19. The number of nitrogens with one attached hydrogen (secondary N) is 3. The summed E-state index contributed by atoms with van der Waals surface area (Å²) < 4.78 is 104. The smallest absolute Gasteiger partial charge is 0.336 e. The summed E-state index contributed by atoms with van der Waals surface area (Å²) >= 11 is 0. The summed E-state index contributed by atoms with van der Waals surface area (Å²) in [4.78, 5) is 40.7. The maximum absolute atomic E-state index is 13.9. The molecule has 0 fully saturated rings. The Labute approximate surface area is 382 Å². The first-order valence-corrected chi connectivity index (χ1v) is 23.1. The van der Waals surface area contributed by atoms with Gasteiger partial charge in [-0.05, 0) is 42.0 Å². The van der Waals surface area contributed by atoms with Crippen molar-refractivity contribution in [3.05, 3.63) is 71.1 Å². The molecule has 9 N–H and O–H groups in total. The zero-order valence-electron chi connectivity index (χ0n) is 35.8. The van der Waals surface area contributed by atoms with Gasteiger partial charge < -0.3 is 64.0 Å². The molecule has 0 unspecified atom stereocenters. The molecule has 0 saturated carbocycles. The Morgan fingerprint density at radius 3 is 1.94 bits per heavy atom. The summed E-state index contributed by atoms with van der Waals surface area (Å²) in [6.45, 7) is 1.35. The number of ether oxygens (including phenoxy) is 6. The van der Waals surface area contributed by atoms with Crippen molar-refractivity contribution >= 4 is 54.6 Å². The van der Waals surface area contributed by atoms with Crippen LogP contribution in [0.4, 0.5) is 5.69 Å². The molecule has 364 valence electrons. The number of aromatic nitrogens is 1. The van der Waals surface area contributed by atoms with Gasteiger partial charge in [0.25, 0.3) is 16.0 Å². The van der Waals surface area contributed by atoms with E-state index in [0.717, 1.165) is 24.3 Å². The lowest BCUT2D eigenvalue weighted by Crippen LogP contribution is -2.29. The molecular weight excluding hydrogens is 931 g/mol. The van der Waals surface area contributed by atoms with Gasteiger partial charge in [-0.2, -0.15) is 8.42 Å². The van der Waals surface area contributed by atoms with Gasteiger partial charge in [0, 0.05) is 54.4 Å². The molecular formula is C41H49N5O19S2. The number of carboxylic acids is 1. The third-order valence-electron chi connectivity index (χ3n) is 9.37. The summed E-state index contributed by atoms with van der Waals surface area (Å²) in [5, 5.41) is 39.6. The summed E-state index contributed by atoms with van der Waals surface area (Å²) in [5.74, 6) is -4.46. The number of fused-ring (bicyclic) bond motifs is 2. The molecule has 3 aromatic rings. The molecule has 2 heterocycles. The second kappa shape index (κ2) is 24.0. The minimum absolute atomic E-state index is 0.00540. The van der Waals surface area contributed by atoms with Crippen molar-refractivity contribution in [2.75, 3.05) is 98.6 Å². The van der Waals surface area contributed by atoms with Crippen LogP contribution < -0.4 is 26.0 Å². The number of nitrogens with zero attached hydrogens (tertiary/aromatic N) is 1. The molecule has 5 rings (SSSR count). The monoisotopic (exact) mass is 979 g/mol. The van der Waals surface area contributed by atoms with E-state index >= 15 is 0 Å². The van der Waals surface area contributed by atoms with E-state index in [0.29, 0.717) is 11.3 Å². The second-order valence-electron chi connectivity index (χ2n) is 14.0. The number of aromatic hydroxyl groups is 2. The lowest BCUT2D eigenvalue weighted by molar-refractivity contribution is -0.146. The summed E-state index contributed by atoms with van der Waals surface area (Å²) in [7, 11) is -8.35. The lowest BCUT2D eigenvalue weighted by atomic mass is 9.89. The van der Waals surface area contributed by atoms with Crippen LogP contribution in [0.15, 0.2) is 68.8 Å². The van der Waals surface area contributed by atoms with Crippen LogP contribution in [-0.4, -0.2) is 152 Å². The number of anilines is 1. The van der Waals surface area contributed by atoms with Gasteiger partial charge in [-0.1, -0.05) is 6.07 Å². The fourth-order valence-corrected chi connectivity index (χ4v) is 8.35. The molecule has 0 saturated heterocycles. The number of nitrogen functional groups attached to an aromatic ring is 1. The van der Waals surface area contributed by atoms with E-state index in [1.54, 1.807) is 0 Å².